The van der Waals surface area contributed by atoms with Gasteiger partial charge in [0.15, 0.2) is 0 Å². The summed E-state index contributed by atoms with van der Waals surface area (Å²) in [6.45, 7) is 3.80. The molecule has 0 unspecified atom stereocenters. The number of hydrogen-bond acceptors (Lipinski definition) is 7. The topological polar surface area (TPSA) is 115 Å². The van der Waals surface area contributed by atoms with Gasteiger partial charge in [-0.15, -0.1) is 10.2 Å². The number of aromatic nitrogens is 5. The molecule has 10 heteroatoms. The highest BCUT2D eigenvalue weighted by Crippen LogP contribution is 2.32. The molecule has 3 aromatic heterocycles. The van der Waals surface area contributed by atoms with Gasteiger partial charge in [-0.1, -0.05) is 7.43 Å². The summed E-state index contributed by atoms with van der Waals surface area (Å²) in [4.78, 5) is 35.3. The van der Waals surface area contributed by atoms with Crippen LogP contribution in [0.25, 0.3) is 16.7 Å². The van der Waals surface area contributed by atoms with Crippen LogP contribution in [-0.2, 0) is 11.2 Å². The van der Waals surface area contributed by atoms with Crippen LogP contribution in [-0.4, -0.2) is 57.3 Å². The van der Waals surface area contributed by atoms with E-state index < -0.39 is 0 Å². The minimum atomic E-state index is -0.330. The van der Waals surface area contributed by atoms with Crippen LogP contribution >= 0.6 is 0 Å². The van der Waals surface area contributed by atoms with Gasteiger partial charge < -0.3 is 19.4 Å². The SMILES string of the molecule is C.COc1cc2c(cn1)N(C(=O)c1cc3[nH]c(=O)c4nnc(C5CCOCC5)n4c3cc1C)CC2. The van der Waals surface area contributed by atoms with Crippen LogP contribution in [0.1, 0.15) is 53.5 Å². The number of nitrogens with zero attached hydrogens (tertiary/aromatic N) is 5. The lowest BCUT2D eigenvalue weighted by molar-refractivity contribution is 0.0834. The molecule has 0 saturated carbocycles. The summed E-state index contributed by atoms with van der Waals surface area (Å²) >= 11 is 0. The van der Waals surface area contributed by atoms with Crippen LogP contribution in [0.3, 0.4) is 0 Å². The Kier molecular flexibility index (Phi) is 5.76. The Balaban J connectivity index is 0.00000253. The number of amides is 1. The number of carbonyl (C=O) groups is 1. The summed E-state index contributed by atoms with van der Waals surface area (Å²) in [5.41, 5.74) is 4.45. The summed E-state index contributed by atoms with van der Waals surface area (Å²) in [5, 5.41) is 8.53. The number of methoxy groups -OCH3 is 1. The maximum Gasteiger partial charge on any atom is 0.294 e. The Bertz CT molecular complexity index is 1500. The summed E-state index contributed by atoms with van der Waals surface area (Å²) in [6, 6.07) is 5.56. The van der Waals surface area contributed by atoms with E-state index in [4.69, 9.17) is 9.47 Å². The third-order valence-electron chi connectivity index (χ3n) is 6.83. The van der Waals surface area contributed by atoms with Crippen molar-refractivity contribution in [3.63, 3.8) is 0 Å². The van der Waals surface area contributed by atoms with E-state index in [2.05, 4.69) is 20.2 Å². The van der Waals surface area contributed by atoms with E-state index in [1.807, 2.05) is 23.5 Å². The van der Waals surface area contributed by atoms with Crippen molar-refractivity contribution in [2.45, 2.75) is 39.5 Å². The van der Waals surface area contributed by atoms with Crippen molar-refractivity contribution < 1.29 is 14.3 Å². The fourth-order valence-corrected chi connectivity index (χ4v) is 5.02. The minimum absolute atomic E-state index is 0. The molecule has 0 bridgehead atoms. The first-order valence-electron chi connectivity index (χ1n) is 11.4. The van der Waals surface area contributed by atoms with Crippen molar-refractivity contribution in [1.29, 1.82) is 0 Å². The zero-order valence-corrected chi connectivity index (χ0v) is 19.0. The van der Waals surface area contributed by atoms with E-state index in [1.54, 1.807) is 24.3 Å². The second-order valence-electron chi connectivity index (χ2n) is 8.80. The van der Waals surface area contributed by atoms with Crippen LogP contribution in [0, 0.1) is 6.92 Å². The lowest BCUT2D eigenvalue weighted by Crippen LogP contribution is -2.29. The molecule has 0 radical (unpaired) electrons. The lowest BCUT2D eigenvalue weighted by atomic mass is 9.99. The molecule has 2 aliphatic rings. The number of ether oxygens (including phenoxy) is 2. The number of hydrogen-bond donors (Lipinski definition) is 1. The largest absolute Gasteiger partial charge is 0.481 e. The van der Waals surface area contributed by atoms with E-state index in [0.717, 1.165) is 47.4 Å². The molecule has 4 aromatic rings. The Morgan fingerprint density at radius 2 is 2.00 bits per heavy atom. The van der Waals surface area contributed by atoms with Crippen LogP contribution < -0.4 is 15.2 Å². The highest BCUT2D eigenvalue weighted by atomic mass is 16.5. The van der Waals surface area contributed by atoms with Gasteiger partial charge in [-0.2, -0.15) is 0 Å². The summed E-state index contributed by atoms with van der Waals surface area (Å²) in [6.07, 6.45) is 4.08. The molecule has 0 spiro atoms. The number of benzene rings is 1. The molecule has 1 aromatic carbocycles. The van der Waals surface area contributed by atoms with Crippen molar-refractivity contribution in [3.8, 4) is 5.88 Å². The van der Waals surface area contributed by atoms with Gasteiger partial charge in [-0.25, -0.2) is 4.98 Å². The normalized spacial score (nSPS) is 15.9. The summed E-state index contributed by atoms with van der Waals surface area (Å²) < 4.78 is 12.5. The predicted molar refractivity (Wildman–Crippen MR) is 132 cm³/mol. The number of H-pyrrole nitrogens is 1. The number of fused-ring (bicyclic) bond motifs is 4. The number of nitrogens with one attached hydrogen (secondary N) is 1. The fourth-order valence-electron chi connectivity index (χ4n) is 5.02. The number of carbonyl (C=O) groups excluding carboxylic acids is 1. The van der Waals surface area contributed by atoms with Crippen LogP contribution in [0.2, 0.25) is 0 Å². The van der Waals surface area contributed by atoms with Gasteiger partial charge in [-0.3, -0.25) is 14.0 Å². The fraction of sp³-hybridized carbons (Fsp3) is 0.400. The van der Waals surface area contributed by atoms with Gasteiger partial charge >= 0.3 is 0 Å². The first-order chi connectivity index (χ1) is 16.5. The monoisotopic (exact) mass is 476 g/mol. The average molecular weight is 477 g/mol. The molecule has 1 fully saturated rings. The Hall–Kier alpha value is -3.79. The molecular weight excluding hydrogens is 448 g/mol. The Morgan fingerprint density at radius 3 is 2.77 bits per heavy atom. The van der Waals surface area contributed by atoms with Gasteiger partial charge in [0.2, 0.25) is 11.5 Å². The first kappa shape index (κ1) is 23.0. The van der Waals surface area contributed by atoms with E-state index in [0.29, 0.717) is 36.7 Å². The zero-order chi connectivity index (χ0) is 23.4. The zero-order valence-electron chi connectivity index (χ0n) is 19.0. The highest BCUT2D eigenvalue weighted by molar-refractivity contribution is 6.09. The average Bonchev–Trinajstić information content (AvgIpc) is 3.49. The second kappa shape index (κ2) is 8.77. The number of aromatic amines is 1. The van der Waals surface area contributed by atoms with E-state index >= 15 is 0 Å². The van der Waals surface area contributed by atoms with Crippen molar-refractivity contribution in [2.24, 2.45) is 0 Å². The second-order valence-corrected chi connectivity index (χ2v) is 8.80. The molecular formula is C25H28N6O4. The molecule has 1 amide bonds. The molecule has 1 saturated heterocycles. The number of pyridine rings is 1. The highest BCUT2D eigenvalue weighted by Gasteiger charge is 2.29. The lowest BCUT2D eigenvalue weighted by Gasteiger charge is -2.21. The molecule has 10 nitrogen and oxygen atoms in total. The smallest absolute Gasteiger partial charge is 0.294 e. The number of aryl methyl sites for hydroxylation is 1. The van der Waals surface area contributed by atoms with Gasteiger partial charge in [-0.05, 0) is 49.4 Å². The third-order valence-corrected chi connectivity index (χ3v) is 6.83. The van der Waals surface area contributed by atoms with Gasteiger partial charge in [0.1, 0.15) is 5.82 Å². The summed E-state index contributed by atoms with van der Waals surface area (Å²) in [7, 11) is 1.58. The molecule has 2 aliphatic heterocycles. The summed E-state index contributed by atoms with van der Waals surface area (Å²) in [5.74, 6) is 1.34. The molecule has 35 heavy (non-hydrogen) atoms. The van der Waals surface area contributed by atoms with E-state index in [1.165, 1.54) is 0 Å². The minimum Gasteiger partial charge on any atom is -0.481 e. The first-order valence-corrected chi connectivity index (χ1v) is 11.4. The quantitative estimate of drug-likeness (QED) is 0.483. The number of rotatable bonds is 3. The third kappa shape index (κ3) is 3.65. The van der Waals surface area contributed by atoms with Crippen LogP contribution in [0.15, 0.2) is 29.2 Å². The Labute approximate surface area is 201 Å². The number of anilines is 1. The van der Waals surface area contributed by atoms with E-state index in [-0.39, 0.29) is 30.5 Å². The van der Waals surface area contributed by atoms with Gasteiger partial charge in [0, 0.05) is 37.3 Å². The molecule has 6 rings (SSSR count). The van der Waals surface area contributed by atoms with Crippen molar-refractivity contribution in [2.75, 3.05) is 31.8 Å². The maximum absolute atomic E-state index is 13.6. The van der Waals surface area contributed by atoms with Gasteiger partial charge in [0.05, 0.1) is 30.0 Å². The van der Waals surface area contributed by atoms with Crippen LogP contribution in [0.4, 0.5) is 5.69 Å². The molecule has 0 aliphatic carbocycles. The maximum atomic E-state index is 13.6. The molecule has 0 atom stereocenters. The van der Waals surface area contributed by atoms with Gasteiger partial charge in [0.25, 0.3) is 11.5 Å². The van der Waals surface area contributed by atoms with E-state index in [9.17, 15) is 9.59 Å². The molecule has 182 valence electrons. The van der Waals surface area contributed by atoms with Crippen LogP contribution in [0.5, 0.6) is 5.88 Å². The molecule has 1 N–H and O–H groups in total. The predicted octanol–water partition coefficient (Wildman–Crippen LogP) is 3.02. The van der Waals surface area contributed by atoms with Crippen molar-refractivity contribution in [1.82, 2.24) is 24.6 Å². The van der Waals surface area contributed by atoms with Crippen molar-refractivity contribution >= 4 is 28.3 Å². The standard InChI is InChI=1S/C24H24N6O4.CH4/c1-13-9-18-17(26-23(31)22-28-27-21(30(18)22)14-4-7-34-8-5-14)11-16(13)24(32)29-6-3-15-10-20(33-2)25-12-19(15)29;/h9-12,14H,3-8H2,1-2H3,(H,26,31);1H4. The molecule has 5 heterocycles. The Morgan fingerprint density at radius 1 is 1.20 bits per heavy atom. The van der Waals surface area contributed by atoms with Crippen molar-refractivity contribution in [3.05, 3.63) is 57.3 Å².